The Kier molecular flexibility index (Phi) is 3.28. The Hall–Kier alpha value is -1.32. The van der Waals surface area contributed by atoms with Crippen LogP contribution in [0.4, 0.5) is 0 Å². The van der Waals surface area contributed by atoms with Gasteiger partial charge in [0.05, 0.1) is 12.1 Å². The predicted octanol–water partition coefficient (Wildman–Crippen LogP) is 2.12. The summed E-state index contributed by atoms with van der Waals surface area (Å²) in [5.74, 6) is 0.804. The second kappa shape index (κ2) is 4.26. The SMILES string of the molecule is Cc1oc(CCC(=O)O)nc1C(C)C. The summed E-state index contributed by atoms with van der Waals surface area (Å²) in [5.41, 5.74) is 0.922. The molecule has 0 saturated heterocycles. The first kappa shape index (κ1) is 10.8. The third-order valence-electron chi connectivity index (χ3n) is 1.98. The average molecular weight is 197 g/mol. The van der Waals surface area contributed by atoms with E-state index < -0.39 is 5.97 Å². The number of aromatic nitrogens is 1. The number of carboxylic acids is 1. The number of nitrogens with zero attached hydrogens (tertiary/aromatic N) is 1. The summed E-state index contributed by atoms with van der Waals surface area (Å²) in [6, 6.07) is 0. The zero-order chi connectivity index (χ0) is 10.7. The number of rotatable bonds is 4. The first-order chi connectivity index (χ1) is 6.50. The lowest BCUT2D eigenvalue weighted by atomic mass is 10.1. The normalized spacial score (nSPS) is 10.9. The molecule has 1 heterocycles. The summed E-state index contributed by atoms with van der Waals surface area (Å²) < 4.78 is 5.35. The van der Waals surface area contributed by atoms with Gasteiger partial charge in [-0.3, -0.25) is 4.79 Å². The Morgan fingerprint density at radius 1 is 1.57 bits per heavy atom. The third-order valence-corrected chi connectivity index (χ3v) is 1.98. The molecule has 1 rings (SSSR count). The van der Waals surface area contributed by atoms with Gasteiger partial charge in [0.1, 0.15) is 5.76 Å². The van der Waals surface area contributed by atoms with Crippen LogP contribution in [-0.2, 0) is 11.2 Å². The van der Waals surface area contributed by atoms with Gasteiger partial charge in [0.15, 0.2) is 5.89 Å². The van der Waals surface area contributed by atoms with E-state index in [0.717, 1.165) is 11.5 Å². The summed E-state index contributed by atoms with van der Waals surface area (Å²) in [6.45, 7) is 5.92. The van der Waals surface area contributed by atoms with Crippen LogP contribution < -0.4 is 0 Å². The molecule has 0 saturated carbocycles. The molecular formula is C10H15NO3. The Bertz CT molecular complexity index is 328. The molecule has 0 atom stereocenters. The van der Waals surface area contributed by atoms with E-state index in [4.69, 9.17) is 9.52 Å². The summed E-state index contributed by atoms with van der Waals surface area (Å²) >= 11 is 0. The molecule has 78 valence electrons. The van der Waals surface area contributed by atoms with Crippen molar-refractivity contribution in [2.24, 2.45) is 0 Å². The minimum atomic E-state index is -0.827. The van der Waals surface area contributed by atoms with Crippen LogP contribution in [0.3, 0.4) is 0 Å². The van der Waals surface area contributed by atoms with E-state index >= 15 is 0 Å². The molecule has 0 unspecified atom stereocenters. The monoisotopic (exact) mass is 197 g/mol. The van der Waals surface area contributed by atoms with Crippen molar-refractivity contribution in [1.82, 2.24) is 4.98 Å². The van der Waals surface area contributed by atoms with E-state index in [2.05, 4.69) is 4.98 Å². The van der Waals surface area contributed by atoms with Crippen LogP contribution in [0, 0.1) is 6.92 Å². The van der Waals surface area contributed by atoms with Crippen molar-refractivity contribution in [2.45, 2.75) is 39.5 Å². The molecule has 0 aliphatic heterocycles. The number of oxazole rings is 1. The Labute approximate surface area is 83.0 Å². The van der Waals surface area contributed by atoms with E-state index in [0.29, 0.717) is 18.2 Å². The summed E-state index contributed by atoms with van der Waals surface area (Å²) in [5, 5.41) is 8.49. The van der Waals surface area contributed by atoms with Crippen LogP contribution in [0.1, 0.15) is 43.5 Å². The molecule has 1 aromatic heterocycles. The number of aliphatic carboxylic acids is 1. The fourth-order valence-corrected chi connectivity index (χ4v) is 1.32. The van der Waals surface area contributed by atoms with Gasteiger partial charge in [0.25, 0.3) is 0 Å². The number of aryl methyl sites for hydroxylation is 2. The minimum Gasteiger partial charge on any atom is -0.481 e. The molecule has 0 spiro atoms. The topological polar surface area (TPSA) is 63.3 Å². The molecule has 0 aliphatic carbocycles. The van der Waals surface area contributed by atoms with Crippen LogP contribution in [0.25, 0.3) is 0 Å². The van der Waals surface area contributed by atoms with Crippen molar-refractivity contribution >= 4 is 5.97 Å². The van der Waals surface area contributed by atoms with Gasteiger partial charge in [0, 0.05) is 6.42 Å². The van der Waals surface area contributed by atoms with Gasteiger partial charge in [0.2, 0.25) is 0 Å². The molecule has 0 bridgehead atoms. The molecule has 0 amide bonds. The highest BCUT2D eigenvalue weighted by molar-refractivity contribution is 5.66. The van der Waals surface area contributed by atoms with Gasteiger partial charge in [-0.05, 0) is 12.8 Å². The van der Waals surface area contributed by atoms with Gasteiger partial charge < -0.3 is 9.52 Å². The lowest BCUT2D eigenvalue weighted by molar-refractivity contribution is -0.137. The quantitative estimate of drug-likeness (QED) is 0.803. The van der Waals surface area contributed by atoms with E-state index in [1.54, 1.807) is 0 Å². The fraction of sp³-hybridized carbons (Fsp3) is 0.600. The van der Waals surface area contributed by atoms with Crippen LogP contribution in [0.2, 0.25) is 0 Å². The van der Waals surface area contributed by atoms with Crippen molar-refractivity contribution in [3.63, 3.8) is 0 Å². The molecule has 0 radical (unpaired) electrons. The van der Waals surface area contributed by atoms with Crippen molar-refractivity contribution in [3.8, 4) is 0 Å². The molecule has 1 aromatic rings. The molecule has 4 nitrogen and oxygen atoms in total. The largest absolute Gasteiger partial charge is 0.481 e. The smallest absolute Gasteiger partial charge is 0.303 e. The molecule has 14 heavy (non-hydrogen) atoms. The second-order valence-electron chi connectivity index (χ2n) is 3.60. The summed E-state index contributed by atoms with van der Waals surface area (Å²) in [4.78, 5) is 14.6. The number of hydrogen-bond donors (Lipinski definition) is 1. The standard InChI is InChI=1S/C10H15NO3/c1-6(2)10-7(3)14-8(11-10)4-5-9(12)13/h6H,4-5H2,1-3H3,(H,12,13). The maximum Gasteiger partial charge on any atom is 0.303 e. The molecule has 0 aromatic carbocycles. The lowest BCUT2D eigenvalue weighted by Gasteiger charge is -1.97. The third kappa shape index (κ3) is 2.58. The molecule has 0 fully saturated rings. The van der Waals surface area contributed by atoms with Gasteiger partial charge in [-0.15, -0.1) is 0 Å². The average Bonchev–Trinajstić information content (AvgIpc) is 2.43. The highest BCUT2D eigenvalue weighted by Gasteiger charge is 2.12. The Morgan fingerprint density at radius 3 is 2.64 bits per heavy atom. The first-order valence-electron chi connectivity index (χ1n) is 4.68. The molecule has 4 heteroatoms. The highest BCUT2D eigenvalue weighted by atomic mass is 16.4. The zero-order valence-electron chi connectivity index (χ0n) is 8.70. The van der Waals surface area contributed by atoms with Gasteiger partial charge in [-0.1, -0.05) is 13.8 Å². The highest BCUT2D eigenvalue weighted by Crippen LogP contribution is 2.19. The maximum absolute atomic E-state index is 10.3. The summed E-state index contributed by atoms with van der Waals surface area (Å²) in [7, 11) is 0. The van der Waals surface area contributed by atoms with Crippen molar-refractivity contribution < 1.29 is 14.3 Å². The molecular weight excluding hydrogens is 182 g/mol. The Morgan fingerprint density at radius 2 is 2.21 bits per heavy atom. The molecule has 0 aliphatic rings. The zero-order valence-corrected chi connectivity index (χ0v) is 8.70. The van der Waals surface area contributed by atoms with E-state index in [1.807, 2.05) is 20.8 Å². The van der Waals surface area contributed by atoms with Crippen LogP contribution in [0.15, 0.2) is 4.42 Å². The van der Waals surface area contributed by atoms with Gasteiger partial charge >= 0.3 is 5.97 Å². The van der Waals surface area contributed by atoms with E-state index in [1.165, 1.54) is 0 Å². The Balaban J connectivity index is 2.71. The van der Waals surface area contributed by atoms with Crippen LogP contribution >= 0.6 is 0 Å². The first-order valence-corrected chi connectivity index (χ1v) is 4.68. The van der Waals surface area contributed by atoms with E-state index in [-0.39, 0.29) is 6.42 Å². The molecule has 1 N–H and O–H groups in total. The second-order valence-corrected chi connectivity index (χ2v) is 3.60. The van der Waals surface area contributed by atoms with E-state index in [9.17, 15) is 4.79 Å². The number of hydrogen-bond acceptors (Lipinski definition) is 3. The van der Waals surface area contributed by atoms with Crippen molar-refractivity contribution in [3.05, 3.63) is 17.3 Å². The van der Waals surface area contributed by atoms with Crippen LogP contribution in [0.5, 0.6) is 0 Å². The van der Waals surface area contributed by atoms with Gasteiger partial charge in [-0.2, -0.15) is 0 Å². The minimum absolute atomic E-state index is 0.0670. The van der Waals surface area contributed by atoms with Crippen LogP contribution in [-0.4, -0.2) is 16.1 Å². The summed E-state index contributed by atoms with van der Waals surface area (Å²) in [6.07, 6.45) is 0.431. The van der Waals surface area contributed by atoms with Crippen molar-refractivity contribution in [2.75, 3.05) is 0 Å². The number of carbonyl (C=O) groups is 1. The van der Waals surface area contributed by atoms with Gasteiger partial charge in [-0.25, -0.2) is 4.98 Å². The fourth-order valence-electron chi connectivity index (χ4n) is 1.32. The number of carboxylic acid groups (broad SMARTS) is 1. The van der Waals surface area contributed by atoms with Crippen molar-refractivity contribution in [1.29, 1.82) is 0 Å². The predicted molar refractivity (Wildman–Crippen MR) is 51.3 cm³/mol. The lowest BCUT2D eigenvalue weighted by Crippen LogP contribution is -1.98. The maximum atomic E-state index is 10.3.